The van der Waals surface area contributed by atoms with E-state index in [2.05, 4.69) is 59.2 Å². The molecule has 0 unspecified atom stereocenters. The average Bonchev–Trinajstić information content (AvgIpc) is 4.03. The number of carbonyl (C=O) groups is 1. The van der Waals surface area contributed by atoms with Crippen molar-refractivity contribution in [2.24, 2.45) is 0 Å². The number of hydrogen-bond acceptors (Lipinski definition) is 12. The largest absolute Gasteiger partial charge is 0.506 e. The third-order valence-corrected chi connectivity index (χ3v) is 14.1. The van der Waals surface area contributed by atoms with Crippen LogP contribution < -0.4 is 10.9 Å². The lowest BCUT2D eigenvalue weighted by Crippen LogP contribution is -2.42. The maximum atomic E-state index is 13.5. The quantitative estimate of drug-likeness (QED) is 0.0787. The number of phenolic OH excluding ortho intramolecular Hbond substituents is 1. The number of ether oxygens (including phenoxy) is 1. The van der Waals surface area contributed by atoms with Crippen LogP contribution in [0, 0.1) is 0 Å². The first-order chi connectivity index (χ1) is 27.1. The molecule has 56 heavy (non-hydrogen) atoms. The van der Waals surface area contributed by atoms with Gasteiger partial charge in [0, 0.05) is 37.1 Å². The van der Waals surface area contributed by atoms with Crippen molar-refractivity contribution in [2.75, 3.05) is 20.1 Å². The Morgan fingerprint density at radius 3 is 2.71 bits per heavy atom. The monoisotopic (exact) mass is 860 g/mol. The number of nitrogens with one attached hydrogen (secondary N) is 2. The van der Waals surface area contributed by atoms with E-state index in [9.17, 15) is 24.9 Å². The van der Waals surface area contributed by atoms with Gasteiger partial charge in [0.15, 0.2) is 0 Å². The Labute approximate surface area is 340 Å². The number of aliphatic hydroxyl groups is 2. The predicted molar refractivity (Wildman–Crippen MR) is 221 cm³/mol. The molecule has 0 bridgehead atoms. The van der Waals surface area contributed by atoms with Crippen LogP contribution in [-0.4, -0.2) is 78.4 Å². The van der Waals surface area contributed by atoms with Gasteiger partial charge in [0.25, 0.3) is 0 Å². The van der Waals surface area contributed by atoms with Gasteiger partial charge < -0.3 is 35.3 Å². The molecule has 2 atom stereocenters. The van der Waals surface area contributed by atoms with Gasteiger partial charge in [-0.3, -0.25) is 4.79 Å². The minimum absolute atomic E-state index is 0.0326. The number of aliphatic hydroxyl groups excluding tert-OH is 1. The Kier molecular flexibility index (Phi) is 11.5. The van der Waals surface area contributed by atoms with Gasteiger partial charge in [-0.2, -0.15) is 0 Å². The number of fused-ring (bicyclic) bond motifs is 4. The van der Waals surface area contributed by atoms with Crippen molar-refractivity contribution in [3.63, 3.8) is 0 Å². The molecule has 4 aromatic heterocycles. The highest BCUT2D eigenvalue weighted by Crippen LogP contribution is 2.40. The Balaban J connectivity index is 0.843. The minimum Gasteiger partial charge on any atom is -0.506 e. The first kappa shape index (κ1) is 38.9. The number of carbonyl (C=O) groups excluding carboxylic acids is 1. The number of pyridine rings is 1. The van der Waals surface area contributed by atoms with E-state index < -0.39 is 17.7 Å². The first-order valence-corrected chi connectivity index (χ1v) is 21.6. The molecule has 1 saturated carbocycles. The number of phenols is 1. The minimum atomic E-state index is -1.82. The zero-order valence-corrected chi connectivity index (χ0v) is 34.3. The van der Waals surface area contributed by atoms with Crippen molar-refractivity contribution < 1.29 is 24.9 Å². The molecule has 15 heteroatoms. The van der Waals surface area contributed by atoms with E-state index in [4.69, 9.17) is 4.74 Å². The molecular weight excluding hydrogens is 817 g/mol. The number of aromatic nitrogens is 4. The standard InChI is InChI=1S/C41H45BrN6O6S2/c1-47(25-8-10-26(11-9-25)54-40(52)41(53,34-7-3-20-55-34)35-15-16-36(42)56-35)18-4-19-48-39-30-6-2-5-27(30)24(21-31(39)45-46-48)22-43-23-33(50)28-12-14-32(49)38-29(28)13-17-37(51)44-38/h3,7,12-17,20-21,25-26,33,43,49-50,53H,2,4-6,8-11,18-19,22-23H2,1H3,(H,44,51)/t25-,26-,33-,41+/m0/s1. The molecule has 2 aliphatic carbocycles. The number of thiophene rings is 2. The van der Waals surface area contributed by atoms with Gasteiger partial charge in [0.05, 0.1) is 30.7 Å². The smallest absolute Gasteiger partial charge is 0.349 e. The zero-order valence-electron chi connectivity index (χ0n) is 31.0. The molecule has 0 radical (unpaired) electrons. The molecular formula is C41H45BrN6O6S2. The number of aromatic hydroxyl groups is 1. The SMILES string of the molecule is CN(CCCn1nnc2cc(CNC[C@H](O)c3ccc(O)c4[nH]c(=O)ccc34)c3c(c21)CCC3)[C@H]1CC[C@H](OC(=O)[C@@](O)(c2cccs2)c2ccc(Br)s2)CC1. The summed E-state index contributed by atoms with van der Waals surface area (Å²) in [6, 6.07) is 15.9. The van der Waals surface area contributed by atoms with Gasteiger partial charge in [-0.25, -0.2) is 9.48 Å². The summed E-state index contributed by atoms with van der Waals surface area (Å²) in [5.41, 5.74) is 4.64. The summed E-state index contributed by atoms with van der Waals surface area (Å²) in [7, 11) is 2.17. The molecule has 1 fully saturated rings. The molecule has 12 nitrogen and oxygen atoms in total. The van der Waals surface area contributed by atoms with Crippen molar-refractivity contribution in [1.82, 2.24) is 30.2 Å². The maximum Gasteiger partial charge on any atom is 0.349 e. The van der Waals surface area contributed by atoms with Crippen LogP contribution >= 0.6 is 38.6 Å². The second kappa shape index (κ2) is 16.5. The van der Waals surface area contributed by atoms with Gasteiger partial charge in [-0.1, -0.05) is 17.3 Å². The average molecular weight is 862 g/mol. The van der Waals surface area contributed by atoms with Crippen molar-refractivity contribution in [1.29, 1.82) is 0 Å². The summed E-state index contributed by atoms with van der Waals surface area (Å²) in [4.78, 5) is 31.5. The lowest BCUT2D eigenvalue weighted by Gasteiger charge is -2.35. The van der Waals surface area contributed by atoms with Crippen LogP contribution in [0.3, 0.4) is 0 Å². The van der Waals surface area contributed by atoms with Crippen molar-refractivity contribution in [3.05, 3.63) is 106 Å². The van der Waals surface area contributed by atoms with Gasteiger partial charge in [-0.15, -0.1) is 27.8 Å². The van der Waals surface area contributed by atoms with Crippen LogP contribution in [-0.2, 0) is 41.1 Å². The Morgan fingerprint density at radius 1 is 1.12 bits per heavy atom. The summed E-state index contributed by atoms with van der Waals surface area (Å²) in [5.74, 6) is -0.644. The van der Waals surface area contributed by atoms with E-state index in [1.807, 2.05) is 17.5 Å². The highest BCUT2D eigenvalue weighted by molar-refractivity contribution is 9.11. The van der Waals surface area contributed by atoms with Crippen LogP contribution in [0.4, 0.5) is 0 Å². The summed E-state index contributed by atoms with van der Waals surface area (Å²) < 4.78 is 8.90. The summed E-state index contributed by atoms with van der Waals surface area (Å²) >= 11 is 6.14. The van der Waals surface area contributed by atoms with Crippen LogP contribution in [0.15, 0.2) is 68.6 Å². The molecule has 0 amide bonds. The molecule has 2 aliphatic rings. The van der Waals surface area contributed by atoms with Crippen molar-refractivity contribution in [2.45, 2.75) is 88.3 Å². The Bertz CT molecular complexity index is 2400. The van der Waals surface area contributed by atoms with E-state index >= 15 is 0 Å². The Morgan fingerprint density at radius 2 is 1.95 bits per heavy atom. The van der Waals surface area contributed by atoms with Crippen LogP contribution in [0.1, 0.15) is 76.6 Å². The van der Waals surface area contributed by atoms with E-state index in [1.165, 1.54) is 51.5 Å². The van der Waals surface area contributed by atoms with Gasteiger partial charge in [-0.05, 0) is 145 Å². The molecule has 294 valence electrons. The molecule has 0 saturated heterocycles. The number of benzene rings is 2. The molecule has 0 aliphatic heterocycles. The fourth-order valence-corrected chi connectivity index (χ4v) is 10.8. The van der Waals surface area contributed by atoms with E-state index in [0.29, 0.717) is 45.4 Å². The van der Waals surface area contributed by atoms with Crippen LogP contribution in [0.5, 0.6) is 5.75 Å². The second-order valence-corrected chi connectivity index (χ2v) is 18.3. The highest BCUT2D eigenvalue weighted by atomic mass is 79.9. The number of H-pyrrole nitrogens is 1. The molecule has 0 spiro atoms. The zero-order chi connectivity index (χ0) is 39.0. The van der Waals surface area contributed by atoms with Crippen molar-refractivity contribution >= 4 is 66.5 Å². The fraction of sp³-hybridized carbons (Fsp3) is 0.415. The number of halogens is 1. The second-order valence-electron chi connectivity index (χ2n) is 14.9. The molecule has 2 aromatic carbocycles. The molecule has 6 aromatic rings. The number of esters is 1. The first-order valence-electron chi connectivity index (χ1n) is 19.1. The third-order valence-electron chi connectivity index (χ3n) is 11.4. The molecule has 5 N–H and O–H groups in total. The number of hydrogen-bond donors (Lipinski definition) is 5. The predicted octanol–water partition coefficient (Wildman–Crippen LogP) is 6.29. The van der Waals surface area contributed by atoms with Gasteiger partial charge in [0.1, 0.15) is 17.4 Å². The maximum absolute atomic E-state index is 13.5. The fourth-order valence-electron chi connectivity index (χ4n) is 8.47. The lowest BCUT2D eigenvalue weighted by atomic mass is 9.91. The van der Waals surface area contributed by atoms with Crippen molar-refractivity contribution in [3.8, 4) is 5.75 Å². The van der Waals surface area contributed by atoms with Gasteiger partial charge >= 0.3 is 5.97 Å². The van der Waals surface area contributed by atoms with Gasteiger partial charge in [0.2, 0.25) is 11.2 Å². The number of aromatic amines is 1. The number of rotatable bonds is 14. The lowest BCUT2D eigenvalue weighted by molar-refractivity contribution is -0.169. The summed E-state index contributed by atoms with van der Waals surface area (Å²) in [6.07, 6.45) is 6.23. The van der Waals surface area contributed by atoms with Crippen LogP contribution in [0.2, 0.25) is 0 Å². The summed E-state index contributed by atoms with van der Waals surface area (Å²) in [6.45, 7) is 2.53. The third kappa shape index (κ3) is 7.70. The Hall–Kier alpha value is -3.96. The molecule has 4 heterocycles. The normalized spacial score (nSPS) is 18.7. The van der Waals surface area contributed by atoms with Crippen LogP contribution in [0.25, 0.3) is 21.9 Å². The topological polar surface area (TPSA) is 166 Å². The van der Waals surface area contributed by atoms with E-state index in [-0.39, 0.29) is 17.4 Å². The molecule has 8 rings (SSSR count). The van der Waals surface area contributed by atoms with E-state index in [1.54, 1.807) is 24.3 Å². The number of aryl methyl sites for hydroxylation is 2. The van der Waals surface area contributed by atoms with E-state index in [0.717, 1.165) is 79.3 Å². The highest BCUT2D eigenvalue weighted by Gasteiger charge is 2.45. The summed E-state index contributed by atoms with van der Waals surface area (Å²) in [5, 5.41) is 48.1. The number of nitrogens with zero attached hydrogens (tertiary/aromatic N) is 4.